The van der Waals surface area contributed by atoms with Crippen molar-refractivity contribution < 1.29 is 49.5 Å². The number of aryl methyl sites for hydroxylation is 1. The molecule has 0 radical (unpaired) electrons. The largest absolute Gasteiger partial charge is 0.426 e. The van der Waals surface area contributed by atoms with Crippen molar-refractivity contribution in [2.75, 3.05) is 6.54 Å². The van der Waals surface area contributed by atoms with E-state index in [0.717, 1.165) is 41.3 Å². The van der Waals surface area contributed by atoms with Crippen LogP contribution in [-0.4, -0.2) is 60.7 Å². The lowest BCUT2D eigenvalue weighted by Gasteiger charge is -2.43. The Morgan fingerprint density at radius 3 is 2.29 bits per heavy atom. The molecule has 5 rings (SSSR count). The van der Waals surface area contributed by atoms with E-state index in [2.05, 4.69) is 0 Å². The van der Waals surface area contributed by atoms with Gasteiger partial charge in [0, 0.05) is 19.4 Å². The van der Waals surface area contributed by atoms with Gasteiger partial charge < -0.3 is 10.0 Å². The molecular formula is C32H35F6NO5S. The molecule has 6 atom stereocenters. The summed E-state index contributed by atoms with van der Waals surface area (Å²) >= 11 is 0. The molecule has 1 aliphatic heterocycles. The van der Waals surface area contributed by atoms with Gasteiger partial charge in [0.05, 0.1) is 16.5 Å². The van der Waals surface area contributed by atoms with Crippen molar-refractivity contribution in [2.24, 2.45) is 11.8 Å². The van der Waals surface area contributed by atoms with Crippen LogP contribution >= 0.6 is 0 Å². The molecule has 0 spiro atoms. The molecule has 246 valence electrons. The molecule has 3 aliphatic rings. The minimum atomic E-state index is -5.21. The fraction of sp³-hybridized carbons (Fsp3) is 0.562. The first-order valence-corrected chi connectivity index (χ1v) is 16.3. The number of carbonyl (C=O) groups is 2. The van der Waals surface area contributed by atoms with E-state index in [1.807, 2.05) is 0 Å². The molecule has 45 heavy (non-hydrogen) atoms. The average Bonchev–Trinajstić information content (AvgIpc) is 3.45. The van der Waals surface area contributed by atoms with Gasteiger partial charge in [-0.3, -0.25) is 9.59 Å². The van der Waals surface area contributed by atoms with Crippen molar-refractivity contribution in [3.05, 3.63) is 65.0 Å². The van der Waals surface area contributed by atoms with E-state index in [1.165, 1.54) is 19.9 Å². The monoisotopic (exact) mass is 659 g/mol. The first kappa shape index (κ1) is 33.4. The summed E-state index contributed by atoms with van der Waals surface area (Å²) in [4.78, 5) is 27.0. The van der Waals surface area contributed by atoms with Gasteiger partial charge in [0.25, 0.3) is 5.91 Å². The topological polar surface area (TPSA) is 91.8 Å². The third kappa shape index (κ3) is 5.57. The summed E-state index contributed by atoms with van der Waals surface area (Å²) < 4.78 is 111. The maximum atomic E-state index is 15.0. The van der Waals surface area contributed by atoms with Gasteiger partial charge in [-0.1, -0.05) is 18.2 Å². The van der Waals surface area contributed by atoms with Crippen LogP contribution in [0.15, 0.2) is 47.4 Å². The highest BCUT2D eigenvalue weighted by Crippen LogP contribution is 2.60. The third-order valence-corrected chi connectivity index (χ3v) is 12.3. The molecule has 1 heterocycles. The predicted molar refractivity (Wildman–Crippen MR) is 152 cm³/mol. The Bertz CT molecular complexity index is 1600. The molecule has 0 aromatic heterocycles. The summed E-state index contributed by atoms with van der Waals surface area (Å²) in [5.41, 5.74) is -5.30. The first-order chi connectivity index (χ1) is 20.7. The minimum absolute atomic E-state index is 0.0173. The standard InChI is InChI=1S/C32H35F6NO5S/c1-29(2,42)17-39-26(16-25(34)28(39)41)27(40)15-19-12-13-31(45(43,44)22-8-6-21(33)7-9-22)23(19)10-4-18-14-20(5-11-24(18)31)30(3,35)32(36,37)38/h5-9,11,14,19,23,25-26,42H,4,10,12-13,15-17H2,1-3H3/t19-,23-,25+,26?,30?,31-/m0/s1. The number of ketones is 1. The van der Waals surface area contributed by atoms with E-state index in [-0.39, 0.29) is 54.7 Å². The van der Waals surface area contributed by atoms with Crippen molar-refractivity contribution in [1.29, 1.82) is 0 Å². The van der Waals surface area contributed by atoms with Crippen molar-refractivity contribution in [3.63, 3.8) is 0 Å². The van der Waals surface area contributed by atoms with E-state index < -0.39 is 85.6 Å². The quantitative estimate of drug-likeness (QED) is 0.282. The second kappa shape index (κ2) is 11.1. The Balaban J connectivity index is 1.55. The van der Waals surface area contributed by atoms with Gasteiger partial charge in [-0.05, 0) is 99.2 Å². The number of fused-ring (bicyclic) bond motifs is 3. The van der Waals surface area contributed by atoms with Crippen molar-refractivity contribution in [3.8, 4) is 0 Å². The first-order valence-electron chi connectivity index (χ1n) is 14.8. The number of Topliss-reactive ketones (excluding diaryl/α,β-unsaturated/α-hetero) is 1. The molecule has 1 amide bonds. The Morgan fingerprint density at radius 1 is 1.04 bits per heavy atom. The highest BCUT2D eigenvalue weighted by atomic mass is 32.2. The number of aliphatic hydroxyl groups is 1. The Kier molecular flexibility index (Phi) is 8.25. The molecule has 13 heteroatoms. The molecule has 1 saturated heterocycles. The average molecular weight is 660 g/mol. The zero-order chi connectivity index (χ0) is 33.3. The van der Waals surface area contributed by atoms with Gasteiger partial charge in [-0.15, -0.1) is 0 Å². The maximum Gasteiger partial charge on any atom is 0.426 e. The number of rotatable bonds is 8. The minimum Gasteiger partial charge on any atom is -0.389 e. The highest BCUT2D eigenvalue weighted by Gasteiger charge is 2.61. The van der Waals surface area contributed by atoms with Crippen LogP contribution in [0.5, 0.6) is 0 Å². The zero-order valence-electron chi connectivity index (χ0n) is 25.0. The molecular weight excluding hydrogens is 624 g/mol. The lowest BCUT2D eigenvalue weighted by molar-refractivity contribution is -0.228. The Hall–Kier alpha value is -2.93. The van der Waals surface area contributed by atoms with E-state index in [9.17, 15) is 49.5 Å². The van der Waals surface area contributed by atoms with Crippen LogP contribution < -0.4 is 0 Å². The lowest BCUT2D eigenvalue weighted by atomic mass is 9.71. The maximum absolute atomic E-state index is 15.0. The number of halogens is 6. The Morgan fingerprint density at radius 2 is 1.69 bits per heavy atom. The summed E-state index contributed by atoms with van der Waals surface area (Å²) in [6, 6.07) is 6.27. The smallest absolute Gasteiger partial charge is 0.389 e. The van der Waals surface area contributed by atoms with Crippen molar-refractivity contribution in [2.45, 2.75) is 98.6 Å². The molecule has 0 bridgehead atoms. The van der Waals surface area contributed by atoms with Crippen molar-refractivity contribution in [1.82, 2.24) is 4.90 Å². The van der Waals surface area contributed by atoms with Crippen LogP contribution in [0.1, 0.15) is 69.6 Å². The van der Waals surface area contributed by atoms with Gasteiger partial charge in [0.1, 0.15) is 10.6 Å². The zero-order valence-corrected chi connectivity index (χ0v) is 25.8. The normalized spacial score (nSPS) is 28.5. The van der Waals surface area contributed by atoms with Gasteiger partial charge >= 0.3 is 6.18 Å². The predicted octanol–water partition coefficient (Wildman–Crippen LogP) is 5.88. The van der Waals surface area contributed by atoms with Crippen LogP contribution in [0, 0.1) is 17.7 Å². The number of hydrogen-bond acceptors (Lipinski definition) is 5. The van der Waals surface area contributed by atoms with Gasteiger partial charge in [0.2, 0.25) is 5.67 Å². The summed E-state index contributed by atoms with van der Waals surface area (Å²) in [6.07, 6.45) is -7.26. The number of carbonyl (C=O) groups excluding carboxylic acids is 2. The molecule has 1 saturated carbocycles. The lowest BCUT2D eigenvalue weighted by Crippen LogP contribution is -2.48. The van der Waals surface area contributed by atoms with Crippen LogP contribution in [0.25, 0.3) is 0 Å². The van der Waals surface area contributed by atoms with Crippen molar-refractivity contribution >= 4 is 21.5 Å². The molecule has 2 fully saturated rings. The summed E-state index contributed by atoms with van der Waals surface area (Å²) in [5, 5.41) is 10.3. The second-order valence-corrected chi connectivity index (χ2v) is 15.5. The number of β-amino-alcohol motifs (C(OH)–C–C–N with tert-alkyl or cyclic N) is 1. The molecule has 1 N–H and O–H groups in total. The SMILES string of the molecule is CC(C)(O)CN1C(=O)[C@H](F)CC1C(=O)C[C@@H]1CC[C@@]2(S(=O)(=O)c3ccc(F)cc3)c3ccc(C(C)(F)C(F)(F)F)cc3CC[C@@H]12. The van der Waals surface area contributed by atoms with Gasteiger partial charge in [-0.2, -0.15) is 13.2 Å². The summed E-state index contributed by atoms with van der Waals surface area (Å²) in [5.74, 6) is -3.33. The number of likely N-dealkylation sites (tertiary alicyclic amines) is 1. The summed E-state index contributed by atoms with van der Waals surface area (Å²) in [7, 11) is -4.36. The number of amides is 1. The van der Waals surface area contributed by atoms with E-state index in [0.29, 0.717) is 6.92 Å². The second-order valence-electron chi connectivity index (χ2n) is 13.3. The summed E-state index contributed by atoms with van der Waals surface area (Å²) in [6.45, 7) is 2.97. The molecule has 2 aromatic carbocycles. The van der Waals surface area contributed by atoms with E-state index in [1.54, 1.807) is 0 Å². The molecule has 6 nitrogen and oxygen atoms in total. The molecule has 2 aromatic rings. The number of sulfone groups is 1. The molecule has 2 unspecified atom stereocenters. The van der Waals surface area contributed by atoms with Gasteiger partial charge in [0.15, 0.2) is 21.8 Å². The van der Waals surface area contributed by atoms with E-state index >= 15 is 0 Å². The van der Waals surface area contributed by atoms with E-state index in [4.69, 9.17) is 0 Å². The van der Waals surface area contributed by atoms with Crippen LogP contribution in [0.3, 0.4) is 0 Å². The van der Waals surface area contributed by atoms with Gasteiger partial charge in [-0.25, -0.2) is 21.6 Å². The fourth-order valence-corrected chi connectivity index (χ4v) is 10.1. The number of hydrogen-bond donors (Lipinski definition) is 1. The van der Waals surface area contributed by atoms with Crippen LogP contribution in [0.4, 0.5) is 26.3 Å². The number of benzene rings is 2. The fourth-order valence-electron chi connectivity index (χ4n) is 7.56. The number of alkyl halides is 5. The third-order valence-electron chi connectivity index (χ3n) is 9.77. The highest BCUT2D eigenvalue weighted by molar-refractivity contribution is 7.92. The molecule has 2 aliphatic carbocycles. The Labute approximate surface area is 257 Å². The van der Waals surface area contributed by atoms with Crippen LogP contribution in [-0.2, 0) is 36.3 Å². The number of nitrogens with zero attached hydrogens (tertiary/aromatic N) is 1. The van der Waals surface area contributed by atoms with Crippen LogP contribution in [0.2, 0.25) is 0 Å².